The summed E-state index contributed by atoms with van der Waals surface area (Å²) in [5.74, 6) is -0.703. The van der Waals surface area contributed by atoms with Crippen molar-refractivity contribution in [2.45, 2.75) is 26.3 Å². The number of rotatable bonds is 6. The maximum atomic E-state index is 12.2. The van der Waals surface area contributed by atoms with Gasteiger partial charge in [-0.15, -0.1) is 0 Å². The fourth-order valence-corrected chi connectivity index (χ4v) is 1.97. The number of hydrogen-bond donors (Lipinski definition) is 2. The number of carbonyl (C=O) groups excluding carboxylic acids is 2. The molecule has 2 atom stereocenters. The summed E-state index contributed by atoms with van der Waals surface area (Å²) in [7, 11) is 0. The second-order valence-corrected chi connectivity index (χ2v) is 5.06. The normalized spacial score (nSPS) is 13.4. The van der Waals surface area contributed by atoms with Crippen molar-refractivity contribution in [3.63, 3.8) is 0 Å². The zero-order valence-electron chi connectivity index (χ0n) is 12.4. The highest BCUT2D eigenvalue weighted by Gasteiger charge is 2.25. The highest BCUT2D eigenvalue weighted by atomic mass is 16.5. The molecule has 0 aliphatic carbocycles. The zero-order valence-corrected chi connectivity index (χ0v) is 12.4. The van der Waals surface area contributed by atoms with Crippen LogP contribution in [0.4, 0.5) is 0 Å². The molecular weight excluding hydrogens is 284 g/mol. The van der Waals surface area contributed by atoms with E-state index in [1.807, 2.05) is 13.8 Å². The average molecular weight is 302 g/mol. The van der Waals surface area contributed by atoms with Crippen LogP contribution in [0.5, 0.6) is 0 Å². The second-order valence-electron chi connectivity index (χ2n) is 5.06. The van der Waals surface area contributed by atoms with E-state index in [-0.39, 0.29) is 11.6 Å². The van der Waals surface area contributed by atoms with Crippen molar-refractivity contribution in [2.24, 2.45) is 11.7 Å². The van der Waals surface area contributed by atoms with Gasteiger partial charge in [0.05, 0.1) is 0 Å². The molecule has 3 N–H and O–H groups in total. The quantitative estimate of drug-likeness (QED) is 0.837. The molecule has 2 amide bonds. The minimum Gasteiger partial charge on any atom is -0.368 e. The maximum Gasteiger partial charge on any atom is 0.274 e. The molecular formula is C15H18N4O3. The van der Waals surface area contributed by atoms with Crippen molar-refractivity contribution in [1.29, 1.82) is 0 Å². The van der Waals surface area contributed by atoms with Crippen LogP contribution in [0.25, 0.3) is 11.3 Å². The number of aromatic nitrogens is 2. The fraction of sp³-hybridized carbons (Fsp3) is 0.333. The lowest BCUT2D eigenvalue weighted by Gasteiger charge is -2.20. The predicted molar refractivity (Wildman–Crippen MR) is 79.6 cm³/mol. The highest BCUT2D eigenvalue weighted by Crippen LogP contribution is 2.19. The molecule has 0 aliphatic rings. The Morgan fingerprint density at radius 1 is 1.45 bits per heavy atom. The lowest BCUT2D eigenvalue weighted by molar-refractivity contribution is -0.120. The van der Waals surface area contributed by atoms with E-state index < -0.39 is 17.9 Å². The Hall–Kier alpha value is -2.70. The molecule has 2 unspecified atom stereocenters. The third-order valence-electron chi connectivity index (χ3n) is 3.49. The van der Waals surface area contributed by atoms with E-state index in [0.29, 0.717) is 17.7 Å². The van der Waals surface area contributed by atoms with Gasteiger partial charge >= 0.3 is 0 Å². The first-order valence-electron chi connectivity index (χ1n) is 7.00. The first-order valence-corrected chi connectivity index (χ1v) is 7.00. The zero-order chi connectivity index (χ0) is 16.1. The standard InChI is InChI=1S/C15H18N4O3/c1-3-9(2)13(14(16)20)18-15(21)11-7-12(22-19-11)10-5-4-6-17-8-10/h4-9,13H,3H2,1-2H3,(H2,16,20)(H,18,21). The summed E-state index contributed by atoms with van der Waals surface area (Å²) in [5.41, 5.74) is 6.13. The van der Waals surface area contributed by atoms with Crippen molar-refractivity contribution in [1.82, 2.24) is 15.5 Å². The number of pyridine rings is 1. The van der Waals surface area contributed by atoms with Crippen LogP contribution in [0.15, 0.2) is 35.1 Å². The lowest BCUT2D eigenvalue weighted by Crippen LogP contribution is -2.48. The van der Waals surface area contributed by atoms with Gasteiger partial charge in [-0.05, 0) is 18.1 Å². The van der Waals surface area contributed by atoms with Gasteiger partial charge in [-0.25, -0.2) is 0 Å². The van der Waals surface area contributed by atoms with Crippen LogP contribution < -0.4 is 11.1 Å². The Morgan fingerprint density at radius 3 is 2.82 bits per heavy atom. The van der Waals surface area contributed by atoms with E-state index >= 15 is 0 Å². The molecule has 2 aromatic rings. The van der Waals surface area contributed by atoms with Crippen molar-refractivity contribution < 1.29 is 14.1 Å². The van der Waals surface area contributed by atoms with Gasteiger partial charge in [0, 0.05) is 24.0 Å². The Bertz CT molecular complexity index is 654. The first kappa shape index (κ1) is 15.7. The van der Waals surface area contributed by atoms with Gasteiger partial charge in [-0.1, -0.05) is 25.4 Å². The van der Waals surface area contributed by atoms with E-state index in [9.17, 15) is 9.59 Å². The summed E-state index contributed by atoms with van der Waals surface area (Å²) in [6.07, 6.45) is 3.96. The van der Waals surface area contributed by atoms with E-state index in [1.165, 1.54) is 6.07 Å². The Labute approximate surface area is 127 Å². The monoisotopic (exact) mass is 302 g/mol. The molecule has 116 valence electrons. The van der Waals surface area contributed by atoms with Gasteiger partial charge < -0.3 is 15.6 Å². The van der Waals surface area contributed by atoms with Crippen molar-refractivity contribution in [3.8, 4) is 11.3 Å². The van der Waals surface area contributed by atoms with Gasteiger partial charge in [0.25, 0.3) is 5.91 Å². The average Bonchev–Trinajstić information content (AvgIpc) is 3.02. The van der Waals surface area contributed by atoms with E-state index in [2.05, 4.69) is 15.5 Å². The van der Waals surface area contributed by atoms with Gasteiger partial charge in [-0.3, -0.25) is 14.6 Å². The maximum absolute atomic E-state index is 12.2. The lowest BCUT2D eigenvalue weighted by atomic mass is 9.98. The summed E-state index contributed by atoms with van der Waals surface area (Å²) >= 11 is 0. The van der Waals surface area contributed by atoms with Crippen molar-refractivity contribution in [2.75, 3.05) is 0 Å². The molecule has 0 saturated carbocycles. The minimum atomic E-state index is -0.740. The summed E-state index contributed by atoms with van der Waals surface area (Å²) in [6, 6.07) is 4.31. The first-order chi connectivity index (χ1) is 10.5. The van der Waals surface area contributed by atoms with Crippen molar-refractivity contribution in [3.05, 3.63) is 36.3 Å². The number of hydrogen-bond acceptors (Lipinski definition) is 5. The molecule has 22 heavy (non-hydrogen) atoms. The minimum absolute atomic E-state index is 0.0638. The molecule has 0 bridgehead atoms. The second kappa shape index (κ2) is 6.84. The fourth-order valence-electron chi connectivity index (χ4n) is 1.97. The van der Waals surface area contributed by atoms with Crippen LogP contribution in [0, 0.1) is 5.92 Å². The molecule has 0 aromatic carbocycles. The molecule has 2 heterocycles. The third-order valence-corrected chi connectivity index (χ3v) is 3.49. The molecule has 0 aliphatic heterocycles. The van der Waals surface area contributed by atoms with Crippen LogP contribution in [-0.2, 0) is 4.79 Å². The van der Waals surface area contributed by atoms with Crippen LogP contribution in [0.2, 0.25) is 0 Å². The Kier molecular flexibility index (Phi) is 4.88. The SMILES string of the molecule is CCC(C)C(NC(=O)c1cc(-c2cccnc2)on1)C(N)=O. The Balaban J connectivity index is 2.13. The summed E-state index contributed by atoms with van der Waals surface area (Å²) in [6.45, 7) is 3.77. The largest absolute Gasteiger partial charge is 0.368 e. The number of nitrogens with one attached hydrogen (secondary N) is 1. The molecule has 2 aromatic heterocycles. The molecule has 7 nitrogen and oxygen atoms in total. The van der Waals surface area contributed by atoms with E-state index in [1.54, 1.807) is 24.5 Å². The van der Waals surface area contributed by atoms with Crippen LogP contribution in [0.3, 0.4) is 0 Å². The van der Waals surface area contributed by atoms with Crippen LogP contribution >= 0.6 is 0 Å². The predicted octanol–water partition coefficient (Wildman–Crippen LogP) is 1.37. The Morgan fingerprint density at radius 2 is 2.23 bits per heavy atom. The number of nitrogens with zero attached hydrogens (tertiary/aromatic N) is 2. The van der Waals surface area contributed by atoms with Gasteiger partial charge in [0.15, 0.2) is 11.5 Å². The molecule has 0 saturated heterocycles. The summed E-state index contributed by atoms with van der Waals surface area (Å²) in [4.78, 5) is 27.6. The summed E-state index contributed by atoms with van der Waals surface area (Å²) < 4.78 is 5.13. The van der Waals surface area contributed by atoms with Crippen LogP contribution in [0.1, 0.15) is 30.8 Å². The van der Waals surface area contributed by atoms with E-state index in [0.717, 1.165) is 0 Å². The molecule has 0 radical (unpaired) electrons. The smallest absolute Gasteiger partial charge is 0.274 e. The van der Waals surface area contributed by atoms with E-state index in [4.69, 9.17) is 10.3 Å². The van der Waals surface area contributed by atoms with Gasteiger partial charge in [0.1, 0.15) is 6.04 Å². The number of amides is 2. The molecule has 0 spiro atoms. The number of carbonyl (C=O) groups is 2. The number of primary amides is 1. The number of nitrogens with two attached hydrogens (primary N) is 1. The highest BCUT2D eigenvalue weighted by molar-refractivity contribution is 5.96. The molecule has 0 fully saturated rings. The topological polar surface area (TPSA) is 111 Å². The van der Waals surface area contributed by atoms with Crippen molar-refractivity contribution >= 4 is 11.8 Å². The van der Waals surface area contributed by atoms with Crippen LogP contribution in [-0.4, -0.2) is 28.0 Å². The van der Waals surface area contributed by atoms with Gasteiger partial charge in [-0.2, -0.15) is 0 Å². The third kappa shape index (κ3) is 3.49. The molecule has 7 heteroatoms. The van der Waals surface area contributed by atoms with Gasteiger partial charge in [0.2, 0.25) is 5.91 Å². The molecule has 2 rings (SSSR count). The summed E-state index contributed by atoms with van der Waals surface area (Å²) in [5, 5.41) is 6.32.